The third-order valence-corrected chi connectivity index (χ3v) is 5.11. The molecule has 1 aromatic carbocycles. The van der Waals surface area contributed by atoms with E-state index in [1.807, 2.05) is 30.3 Å². The van der Waals surface area contributed by atoms with Crippen LogP contribution in [0.2, 0.25) is 0 Å². The van der Waals surface area contributed by atoms with Crippen LogP contribution in [0.4, 0.5) is 13.2 Å². The number of halogens is 3. The maximum absolute atomic E-state index is 14.1. The monoisotopic (exact) mass is 444 g/mol. The highest BCUT2D eigenvalue weighted by atomic mass is 19.3. The number of amides is 2. The second-order valence-electron chi connectivity index (χ2n) is 7.50. The van der Waals surface area contributed by atoms with Gasteiger partial charge in [-0.1, -0.05) is 35.5 Å². The summed E-state index contributed by atoms with van der Waals surface area (Å²) >= 11 is 0. The van der Waals surface area contributed by atoms with Gasteiger partial charge < -0.3 is 10.2 Å². The fourth-order valence-electron chi connectivity index (χ4n) is 3.58. The minimum Gasteiger partial charge on any atom is -0.347 e. The second kappa shape index (κ2) is 8.77. The zero-order valence-electron chi connectivity index (χ0n) is 16.8. The van der Waals surface area contributed by atoms with Gasteiger partial charge in [0.05, 0.1) is 37.1 Å². The van der Waals surface area contributed by atoms with Gasteiger partial charge in [-0.15, -0.1) is 5.10 Å². The standard InChI is InChI=1S/C21H19F3N6O2/c22-17-10-25-7-6-16(17)20(32)30-13-21(23,24)8-15(30)11-29-12-18(27-28-29)19(31)26-9-14-4-2-1-3-5-14/h1-7,10,12,15H,8-9,11,13H2,(H,26,31)/t15-/m0/s1. The highest BCUT2D eigenvalue weighted by molar-refractivity contribution is 5.95. The van der Waals surface area contributed by atoms with E-state index in [0.717, 1.165) is 22.7 Å². The summed E-state index contributed by atoms with van der Waals surface area (Å²) in [5.41, 5.74) is 0.588. The number of hydrogen-bond acceptors (Lipinski definition) is 5. The highest BCUT2D eigenvalue weighted by Crippen LogP contribution is 2.34. The van der Waals surface area contributed by atoms with E-state index >= 15 is 0 Å². The van der Waals surface area contributed by atoms with Crippen LogP contribution in [0.1, 0.15) is 32.8 Å². The molecule has 166 valence electrons. The number of pyridine rings is 1. The molecule has 2 amide bonds. The van der Waals surface area contributed by atoms with Gasteiger partial charge in [0.1, 0.15) is 0 Å². The van der Waals surface area contributed by atoms with Crippen molar-refractivity contribution in [3.8, 4) is 0 Å². The summed E-state index contributed by atoms with van der Waals surface area (Å²) in [7, 11) is 0. The molecule has 0 bridgehead atoms. The maximum atomic E-state index is 14.1. The quantitative estimate of drug-likeness (QED) is 0.630. The molecule has 3 aromatic rings. The lowest BCUT2D eigenvalue weighted by molar-refractivity contribution is 0.0116. The minimum absolute atomic E-state index is 0.0174. The van der Waals surface area contributed by atoms with Crippen molar-refractivity contribution in [1.82, 2.24) is 30.2 Å². The van der Waals surface area contributed by atoms with E-state index in [9.17, 15) is 22.8 Å². The molecule has 0 unspecified atom stereocenters. The molecule has 0 saturated carbocycles. The second-order valence-corrected chi connectivity index (χ2v) is 7.50. The summed E-state index contributed by atoms with van der Waals surface area (Å²) in [4.78, 5) is 29.5. The van der Waals surface area contributed by atoms with E-state index in [4.69, 9.17) is 0 Å². The smallest absolute Gasteiger partial charge is 0.273 e. The first-order chi connectivity index (χ1) is 15.3. The van der Waals surface area contributed by atoms with E-state index in [1.165, 1.54) is 17.1 Å². The van der Waals surface area contributed by atoms with E-state index in [-0.39, 0.29) is 17.8 Å². The Kier molecular flexibility index (Phi) is 5.89. The van der Waals surface area contributed by atoms with Crippen LogP contribution < -0.4 is 5.32 Å². The third-order valence-electron chi connectivity index (χ3n) is 5.11. The largest absolute Gasteiger partial charge is 0.347 e. The molecular weight excluding hydrogens is 425 g/mol. The predicted molar refractivity (Wildman–Crippen MR) is 106 cm³/mol. The number of nitrogens with zero attached hydrogens (tertiary/aromatic N) is 5. The molecule has 32 heavy (non-hydrogen) atoms. The van der Waals surface area contributed by atoms with Gasteiger partial charge in [-0.25, -0.2) is 17.9 Å². The maximum Gasteiger partial charge on any atom is 0.273 e. The van der Waals surface area contributed by atoms with Gasteiger partial charge in [-0.2, -0.15) is 0 Å². The van der Waals surface area contributed by atoms with Crippen molar-refractivity contribution in [2.45, 2.75) is 31.5 Å². The molecule has 4 rings (SSSR count). The number of likely N-dealkylation sites (tertiary alicyclic amines) is 1. The zero-order valence-corrected chi connectivity index (χ0v) is 16.8. The number of carbonyl (C=O) groups excluding carboxylic acids is 2. The van der Waals surface area contributed by atoms with Crippen LogP contribution in [0.15, 0.2) is 55.0 Å². The average Bonchev–Trinajstić information content (AvgIpc) is 3.36. The fourth-order valence-corrected chi connectivity index (χ4v) is 3.58. The number of alkyl halides is 2. The topological polar surface area (TPSA) is 93.0 Å². The third kappa shape index (κ3) is 4.76. The van der Waals surface area contributed by atoms with Crippen molar-refractivity contribution in [3.63, 3.8) is 0 Å². The molecule has 1 fully saturated rings. The van der Waals surface area contributed by atoms with Crippen LogP contribution in [0.25, 0.3) is 0 Å². The lowest BCUT2D eigenvalue weighted by atomic mass is 10.1. The Morgan fingerprint density at radius 2 is 1.97 bits per heavy atom. The SMILES string of the molecule is O=C(NCc1ccccc1)c1cn(C[C@@H]2CC(F)(F)CN2C(=O)c2ccncc2F)nn1. The summed E-state index contributed by atoms with van der Waals surface area (Å²) in [6.45, 7) is -0.661. The molecule has 1 aliphatic heterocycles. The molecule has 1 N–H and O–H groups in total. The van der Waals surface area contributed by atoms with Gasteiger partial charge in [0.2, 0.25) is 0 Å². The molecule has 1 atom stereocenters. The number of rotatable bonds is 6. The molecular formula is C21H19F3N6O2. The van der Waals surface area contributed by atoms with Gasteiger partial charge in [0, 0.05) is 19.2 Å². The Balaban J connectivity index is 1.44. The zero-order chi connectivity index (χ0) is 22.7. The Morgan fingerprint density at radius 3 is 2.72 bits per heavy atom. The summed E-state index contributed by atoms with van der Waals surface area (Å²) in [6, 6.07) is 9.46. The molecule has 0 radical (unpaired) electrons. The van der Waals surface area contributed by atoms with Crippen LogP contribution in [-0.2, 0) is 13.1 Å². The average molecular weight is 444 g/mol. The van der Waals surface area contributed by atoms with Gasteiger partial charge in [0.15, 0.2) is 11.5 Å². The Hall–Kier alpha value is -3.76. The molecule has 2 aromatic heterocycles. The van der Waals surface area contributed by atoms with Crippen LogP contribution in [-0.4, -0.2) is 55.2 Å². The number of hydrogen-bond donors (Lipinski definition) is 1. The van der Waals surface area contributed by atoms with E-state index < -0.39 is 42.6 Å². The number of carbonyl (C=O) groups is 2. The van der Waals surface area contributed by atoms with Crippen molar-refractivity contribution in [3.05, 3.63) is 77.6 Å². The van der Waals surface area contributed by atoms with Crippen LogP contribution in [0.5, 0.6) is 0 Å². The van der Waals surface area contributed by atoms with Gasteiger partial charge >= 0.3 is 0 Å². The summed E-state index contributed by atoms with van der Waals surface area (Å²) in [6.07, 6.45) is 2.79. The van der Waals surface area contributed by atoms with Crippen LogP contribution in [0, 0.1) is 5.82 Å². The number of aromatic nitrogens is 4. The van der Waals surface area contributed by atoms with E-state index in [2.05, 4.69) is 20.6 Å². The van der Waals surface area contributed by atoms with Crippen LogP contribution in [0.3, 0.4) is 0 Å². The fraction of sp³-hybridized carbons (Fsp3) is 0.286. The van der Waals surface area contributed by atoms with Crippen molar-refractivity contribution < 1.29 is 22.8 Å². The molecule has 8 nitrogen and oxygen atoms in total. The Bertz CT molecular complexity index is 1120. The van der Waals surface area contributed by atoms with Crippen molar-refractivity contribution in [2.75, 3.05) is 6.54 Å². The van der Waals surface area contributed by atoms with E-state index in [1.54, 1.807) is 0 Å². The molecule has 0 aliphatic carbocycles. The van der Waals surface area contributed by atoms with Crippen molar-refractivity contribution >= 4 is 11.8 Å². The molecule has 1 aliphatic rings. The first kappa shape index (κ1) is 21.5. The summed E-state index contributed by atoms with van der Waals surface area (Å²) in [5.74, 6) is -5.33. The van der Waals surface area contributed by atoms with Crippen LogP contribution >= 0.6 is 0 Å². The van der Waals surface area contributed by atoms with E-state index in [0.29, 0.717) is 6.54 Å². The Morgan fingerprint density at radius 1 is 1.19 bits per heavy atom. The minimum atomic E-state index is -3.12. The normalized spacial score (nSPS) is 17.3. The lowest BCUT2D eigenvalue weighted by Gasteiger charge is -2.23. The number of benzene rings is 1. The Labute approximate surface area is 181 Å². The lowest BCUT2D eigenvalue weighted by Crippen LogP contribution is -2.39. The first-order valence-electron chi connectivity index (χ1n) is 9.83. The molecule has 0 spiro atoms. The molecule has 11 heteroatoms. The summed E-state index contributed by atoms with van der Waals surface area (Å²) < 4.78 is 43.4. The van der Waals surface area contributed by atoms with Gasteiger partial charge in [-0.05, 0) is 11.6 Å². The summed E-state index contributed by atoms with van der Waals surface area (Å²) in [5, 5.41) is 10.3. The van der Waals surface area contributed by atoms with Gasteiger partial charge in [-0.3, -0.25) is 14.6 Å². The first-order valence-corrected chi connectivity index (χ1v) is 9.83. The number of nitrogens with one attached hydrogen (secondary N) is 1. The molecule has 1 saturated heterocycles. The predicted octanol–water partition coefficient (Wildman–Crippen LogP) is 2.29. The highest BCUT2D eigenvalue weighted by Gasteiger charge is 2.47. The van der Waals surface area contributed by atoms with Crippen molar-refractivity contribution in [1.29, 1.82) is 0 Å². The van der Waals surface area contributed by atoms with Crippen molar-refractivity contribution in [2.24, 2.45) is 0 Å². The molecule has 3 heterocycles. The van der Waals surface area contributed by atoms with Gasteiger partial charge in [0.25, 0.3) is 17.7 Å².